The summed E-state index contributed by atoms with van der Waals surface area (Å²) >= 11 is 7.41. The Balaban J connectivity index is 2.31. The highest BCUT2D eigenvalue weighted by molar-refractivity contribution is 7.98. The Kier molecular flexibility index (Phi) is 4.94. The van der Waals surface area contributed by atoms with Gasteiger partial charge in [0, 0.05) is 16.8 Å². The van der Waals surface area contributed by atoms with E-state index in [4.69, 9.17) is 17.4 Å². The molecule has 112 valence electrons. The predicted octanol–water partition coefficient (Wildman–Crippen LogP) is 2.54. The molecule has 1 heterocycles. The molecule has 0 spiro atoms. The fourth-order valence-corrected chi connectivity index (χ4v) is 3.34. The molecule has 0 fully saturated rings. The van der Waals surface area contributed by atoms with Crippen molar-refractivity contribution in [1.29, 1.82) is 0 Å². The number of pyridine rings is 1. The Labute approximate surface area is 132 Å². The summed E-state index contributed by atoms with van der Waals surface area (Å²) in [5, 5.41) is 0.123. The van der Waals surface area contributed by atoms with Crippen molar-refractivity contribution in [1.82, 2.24) is 4.98 Å². The summed E-state index contributed by atoms with van der Waals surface area (Å²) in [6.07, 6.45) is 3.09. The lowest BCUT2D eigenvalue weighted by Crippen LogP contribution is -2.15. The molecule has 1 aromatic carbocycles. The van der Waals surface area contributed by atoms with Crippen LogP contribution in [0.5, 0.6) is 0 Å². The molecule has 0 amide bonds. The van der Waals surface area contributed by atoms with Crippen LogP contribution >= 0.6 is 23.4 Å². The maximum absolute atomic E-state index is 12.3. The van der Waals surface area contributed by atoms with Crippen LogP contribution in [0.2, 0.25) is 5.02 Å². The van der Waals surface area contributed by atoms with Gasteiger partial charge in [-0.3, -0.25) is 4.72 Å². The van der Waals surface area contributed by atoms with Gasteiger partial charge in [0.15, 0.2) is 5.82 Å². The third-order valence-electron chi connectivity index (χ3n) is 2.59. The molecule has 0 aliphatic heterocycles. The zero-order valence-electron chi connectivity index (χ0n) is 11.0. The molecular weight excluding hydrogens is 332 g/mol. The summed E-state index contributed by atoms with van der Waals surface area (Å²) in [5.74, 6) is 5.41. The molecule has 1 aromatic heterocycles. The number of nitrogens with one attached hydrogen (secondary N) is 2. The topological polar surface area (TPSA) is 97.1 Å². The number of anilines is 2. The van der Waals surface area contributed by atoms with Crippen molar-refractivity contribution in [2.45, 2.75) is 9.79 Å². The quantitative estimate of drug-likeness (QED) is 0.438. The number of sulfonamides is 1. The van der Waals surface area contributed by atoms with Crippen LogP contribution in [0.25, 0.3) is 0 Å². The number of halogens is 1. The number of nitrogen functional groups attached to an aromatic ring is 1. The third-order valence-corrected chi connectivity index (χ3v) is 4.95. The lowest BCUT2D eigenvalue weighted by atomic mass is 10.3. The molecule has 4 N–H and O–H groups in total. The zero-order chi connectivity index (χ0) is 15.5. The number of rotatable bonds is 5. The molecule has 2 aromatic rings. The summed E-state index contributed by atoms with van der Waals surface area (Å²) in [5.41, 5.74) is 2.75. The van der Waals surface area contributed by atoms with E-state index in [1.807, 2.05) is 12.3 Å². The number of benzene rings is 1. The number of aromatic nitrogens is 1. The van der Waals surface area contributed by atoms with Crippen molar-refractivity contribution < 1.29 is 8.42 Å². The van der Waals surface area contributed by atoms with Crippen molar-refractivity contribution in [2.24, 2.45) is 5.84 Å². The summed E-state index contributed by atoms with van der Waals surface area (Å²) in [7, 11) is -3.76. The number of nitrogens with two attached hydrogens (primary N) is 1. The second-order valence-corrected chi connectivity index (χ2v) is 6.95. The van der Waals surface area contributed by atoms with Crippen molar-refractivity contribution in [3.05, 3.63) is 41.6 Å². The maximum Gasteiger partial charge on any atom is 0.263 e. The van der Waals surface area contributed by atoms with Gasteiger partial charge >= 0.3 is 0 Å². The fourth-order valence-electron chi connectivity index (χ4n) is 1.57. The maximum atomic E-state index is 12.3. The summed E-state index contributed by atoms with van der Waals surface area (Å²) in [6.45, 7) is 0. The van der Waals surface area contributed by atoms with E-state index in [-0.39, 0.29) is 15.7 Å². The molecule has 9 heteroatoms. The lowest BCUT2D eigenvalue weighted by molar-refractivity contribution is 0.601. The monoisotopic (exact) mass is 344 g/mol. The van der Waals surface area contributed by atoms with E-state index in [0.717, 1.165) is 4.90 Å². The van der Waals surface area contributed by atoms with Crippen LogP contribution < -0.4 is 16.0 Å². The van der Waals surface area contributed by atoms with E-state index in [0.29, 0.717) is 5.69 Å². The highest BCUT2D eigenvalue weighted by atomic mass is 35.5. The van der Waals surface area contributed by atoms with Gasteiger partial charge < -0.3 is 5.43 Å². The molecular formula is C12H13ClN4O2S2. The first kappa shape index (κ1) is 15.9. The van der Waals surface area contributed by atoms with Crippen LogP contribution in [0.3, 0.4) is 0 Å². The molecule has 0 atom stereocenters. The molecule has 2 rings (SSSR count). The number of hydrogen-bond donors (Lipinski definition) is 3. The SMILES string of the molecule is CSc1cccc(NS(=O)(=O)c2cnc(NN)c(Cl)c2)c1. The number of hydrazine groups is 1. The minimum atomic E-state index is -3.76. The van der Waals surface area contributed by atoms with Crippen molar-refractivity contribution in [3.8, 4) is 0 Å². The summed E-state index contributed by atoms with van der Waals surface area (Å²) in [6, 6.07) is 8.36. The zero-order valence-corrected chi connectivity index (χ0v) is 13.4. The first-order valence-electron chi connectivity index (χ1n) is 5.75. The molecule has 0 unspecified atom stereocenters. The number of hydrogen-bond acceptors (Lipinski definition) is 6. The van der Waals surface area contributed by atoms with Gasteiger partial charge in [0.25, 0.3) is 10.0 Å². The summed E-state index contributed by atoms with van der Waals surface area (Å²) < 4.78 is 27.1. The molecule has 0 aliphatic carbocycles. The number of nitrogens with zero attached hydrogens (tertiary/aromatic N) is 1. The van der Waals surface area contributed by atoms with Gasteiger partial charge in [0.2, 0.25) is 0 Å². The second-order valence-electron chi connectivity index (χ2n) is 3.98. The van der Waals surface area contributed by atoms with E-state index >= 15 is 0 Å². The van der Waals surface area contributed by atoms with Crippen LogP contribution in [-0.2, 0) is 10.0 Å². The molecule has 0 saturated carbocycles. The molecule has 0 radical (unpaired) electrons. The third kappa shape index (κ3) is 3.79. The average molecular weight is 345 g/mol. The van der Waals surface area contributed by atoms with E-state index in [1.54, 1.807) is 18.2 Å². The van der Waals surface area contributed by atoms with Gasteiger partial charge in [-0.25, -0.2) is 19.2 Å². The lowest BCUT2D eigenvalue weighted by Gasteiger charge is -2.10. The van der Waals surface area contributed by atoms with Crippen molar-refractivity contribution in [2.75, 3.05) is 16.4 Å². The Bertz CT molecular complexity index is 753. The average Bonchev–Trinajstić information content (AvgIpc) is 2.47. The van der Waals surface area contributed by atoms with Crippen LogP contribution in [-0.4, -0.2) is 19.7 Å². The smallest absolute Gasteiger partial charge is 0.263 e. The Morgan fingerprint density at radius 2 is 2.10 bits per heavy atom. The van der Waals surface area contributed by atoms with E-state index in [2.05, 4.69) is 15.1 Å². The number of thioether (sulfide) groups is 1. The van der Waals surface area contributed by atoms with Gasteiger partial charge in [0.05, 0.1) is 5.02 Å². The molecule has 0 saturated heterocycles. The van der Waals surface area contributed by atoms with Crippen LogP contribution in [0.1, 0.15) is 0 Å². The summed E-state index contributed by atoms with van der Waals surface area (Å²) in [4.78, 5) is 4.76. The molecule has 0 bridgehead atoms. The van der Waals surface area contributed by atoms with Crippen molar-refractivity contribution >= 4 is 44.9 Å². The van der Waals surface area contributed by atoms with Crippen LogP contribution in [0.15, 0.2) is 46.3 Å². The largest absolute Gasteiger partial charge is 0.307 e. The van der Waals surface area contributed by atoms with Crippen molar-refractivity contribution in [3.63, 3.8) is 0 Å². The first-order chi connectivity index (χ1) is 9.96. The first-order valence-corrected chi connectivity index (χ1v) is 8.84. The van der Waals surface area contributed by atoms with Crippen LogP contribution in [0.4, 0.5) is 11.5 Å². The van der Waals surface area contributed by atoms with Gasteiger partial charge in [-0.05, 0) is 30.5 Å². The Hall–Kier alpha value is -1.48. The predicted molar refractivity (Wildman–Crippen MR) is 86.1 cm³/mol. The van der Waals surface area contributed by atoms with E-state index < -0.39 is 10.0 Å². The van der Waals surface area contributed by atoms with Gasteiger partial charge in [-0.15, -0.1) is 11.8 Å². The molecule has 0 aliphatic rings. The normalized spacial score (nSPS) is 11.2. The van der Waals surface area contributed by atoms with E-state index in [9.17, 15) is 8.42 Å². The van der Waals surface area contributed by atoms with E-state index in [1.165, 1.54) is 24.0 Å². The van der Waals surface area contributed by atoms with Crippen LogP contribution in [0, 0.1) is 0 Å². The minimum Gasteiger partial charge on any atom is -0.307 e. The fraction of sp³-hybridized carbons (Fsp3) is 0.0833. The second kappa shape index (κ2) is 6.52. The van der Waals surface area contributed by atoms with Gasteiger partial charge in [-0.2, -0.15) is 0 Å². The molecule has 21 heavy (non-hydrogen) atoms. The highest BCUT2D eigenvalue weighted by Gasteiger charge is 2.16. The van der Waals surface area contributed by atoms with Gasteiger partial charge in [-0.1, -0.05) is 17.7 Å². The molecule has 6 nitrogen and oxygen atoms in total. The Morgan fingerprint density at radius 3 is 2.71 bits per heavy atom. The van der Waals surface area contributed by atoms with Gasteiger partial charge in [0.1, 0.15) is 4.90 Å². The standard InChI is InChI=1S/C12H13ClN4O2S2/c1-20-9-4-2-3-8(5-9)17-21(18,19)10-6-11(13)12(16-14)15-7-10/h2-7,17H,14H2,1H3,(H,15,16). The highest BCUT2D eigenvalue weighted by Crippen LogP contribution is 2.24. The minimum absolute atomic E-state index is 0.0407. The Morgan fingerprint density at radius 1 is 1.33 bits per heavy atom.